The van der Waals surface area contributed by atoms with E-state index in [0.717, 1.165) is 25.0 Å². The molecule has 0 aliphatic carbocycles. The molecule has 0 atom stereocenters. The van der Waals surface area contributed by atoms with E-state index in [-0.39, 0.29) is 0 Å². The normalized spacial score (nSPS) is 10.5. The summed E-state index contributed by atoms with van der Waals surface area (Å²) >= 11 is 0. The van der Waals surface area contributed by atoms with Gasteiger partial charge < -0.3 is 4.79 Å². The molecule has 1 heterocycles. The molecular formula is C15H24N2O. The molecule has 0 aliphatic heterocycles. The molecule has 3 nitrogen and oxygen atoms in total. The van der Waals surface area contributed by atoms with Gasteiger partial charge in [0.25, 0.3) is 0 Å². The lowest BCUT2D eigenvalue weighted by atomic mass is 10.1. The number of rotatable bonds is 10. The second kappa shape index (κ2) is 9.75. The summed E-state index contributed by atoms with van der Waals surface area (Å²) in [6.45, 7) is 1.67. The van der Waals surface area contributed by atoms with Crippen LogP contribution in [0.25, 0.3) is 0 Å². The molecule has 0 fully saturated rings. The number of Topliss-reactive ketones (excluding diaryl/α,β-unsaturated/α-hetero) is 1. The van der Waals surface area contributed by atoms with Crippen LogP contribution in [0.15, 0.2) is 18.3 Å². The Hall–Kier alpha value is -1.25. The number of carbonyl (C=O) groups excluding carboxylic acids is 1. The second-order valence-corrected chi connectivity index (χ2v) is 4.89. The van der Waals surface area contributed by atoms with Gasteiger partial charge in [-0.1, -0.05) is 32.1 Å². The summed E-state index contributed by atoms with van der Waals surface area (Å²) in [7, 11) is 0. The topological polar surface area (TPSA) is 42.9 Å². The summed E-state index contributed by atoms with van der Waals surface area (Å²) in [6, 6.07) is 3.98. The van der Waals surface area contributed by atoms with Gasteiger partial charge in [-0.2, -0.15) is 10.2 Å². The average Bonchev–Trinajstić information content (AvgIpc) is 2.37. The number of ketones is 1. The molecule has 0 aliphatic rings. The Morgan fingerprint density at radius 3 is 2.33 bits per heavy atom. The third-order valence-electron chi connectivity index (χ3n) is 3.09. The fourth-order valence-electron chi connectivity index (χ4n) is 2.03. The standard InChI is InChI=1S/C15H24N2O/c1-14(18)10-7-5-3-2-4-6-8-11-15-12-9-13-16-17-15/h9,12-13H,2-8,10-11H2,1H3. The lowest BCUT2D eigenvalue weighted by Crippen LogP contribution is -1.92. The quantitative estimate of drug-likeness (QED) is 0.592. The van der Waals surface area contributed by atoms with E-state index in [2.05, 4.69) is 10.2 Å². The number of hydrogen-bond acceptors (Lipinski definition) is 3. The van der Waals surface area contributed by atoms with E-state index in [4.69, 9.17) is 0 Å². The fourth-order valence-corrected chi connectivity index (χ4v) is 2.03. The number of hydrogen-bond donors (Lipinski definition) is 0. The van der Waals surface area contributed by atoms with Crippen LogP contribution in [0.1, 0.15) is 64.0 Å². The van der Waals surface area contributed by atoms with Gasteiger partial charge in [-0.05, 0) is 38.3 Å². The first kappa shape index (κ1) is 14.8. The van der Waals surface area contributed by atoms with Crippen molar-refractivity contribution >= 4 is 5.78 Å². The monoisotopic (exact) mass is 248 g/mol. The van der Waals surface area contributed by atoms with Crippen molar-refractivity contribution in [3.8, 4) is 0 Å². The van der Waals surface area contributed by atoms with Crippen LogP contribution in [0, 0.1) is 0 Å². The molecular weight excluding hydrogens is 224 g/mol. The maximum atomic E-state index is 10.7. The molecule has 1 aromatic heterocycles. The lowest BCUT2D eigenvalue weighted by Gasteiger charge is -2.01. The van der Waals surface area contributed by atoms with Crippen LogP contribution in [0.5, 0.6) is 0 Å². The van der Waals surface area contributed by atoms with E-state index >= 15 is 0 Å². The van der Waals surface area contributed by atoms with Gasteiger partial charge in [-0.3, -0.25) is 0 Å². The number of aromatic nitrogens is 2. The van der Waals surface area contributed by atoms with E-state index in [1.807, 2.05) is 12.1 Å². The first-order valence-electron chi connectivity index (χ1n) is 7.05. The van der Waals surface area contributed by atoms with Gasteiger partial charge >= 0.3 is 0 Å². The van der Waals surface area contributed by atoms with Crippen molar-refractivity contribution in [3.05, 3.63) is 24.0 Å². The second-order valence-electron chi connectivity index (χ2n) is 4.89. The lowest BCUT2D eigenvalue weighted by molar-refractivity contribution is -0.117. The van der Waals surface area contributed by atoms with E-state index in [9.17, 15) is 4.79 Å². The highest BCUT2D eigenvalue weighted by Crippen LogP contribution is 2.10. The maximum Gasteiger partial charge on any atom is 0.129 e. The largest absolute Gasteiger partial charge is 0.300 e. The number of nitrogens with zero attached hydrogens (tertiary/aromatic N) is 2. The summed E-state index contributed by atoms with van der Waals surface area (Å²) in [6.07, 6.45) is 12.1. The predicted octanol–water partition coefficient (Wildman–Crippen LogP) is 3.73. The molecule has 18 heavy (non-hydrogen) atoms. The van der Waals surface area contributed by atoms with Gasteiger partial charge in [-0.25, -0.2) is 0 Å². The molecule has 0 unspecified atom stereocenters. The molecule has 0 N–H and O–H groups in total. The number of aryl methyl sites for hydroxylation is 1. The molecule has 0 radical (unpaired) electrons. The molecule has 1 aromatic rings. The summed E-state index contributed by atoms with van der Waals surface area (Å²) in [5.41, 5.74) is 1.10. The molecule has 0 bridgehead atoms. The van der Waals surface area contributed by atoms with Gasteiger partial charge in [0.05, 0.1) is 5.69 Å². The van der Waals surface area contributed by atoms with E-state index < -0.39 is 0 Å². The van der Waals surface area contributed by atoms with Gasteiger partial charge in [0.1, 0.15) is 5.78 Å². The van der Waals surface area contributed by atoms with Crippen molar-refractivity contribution in [2.75, 3.05) is 0 Å². The van der Waals surface area contributed by atoms with Crippen molar-refractivity contribution in [1.82, 2.24) is 10.2 Å². The Labute approximate surface area is 110 Å². The molecule has 0 saturated carbocycles. The van der Waals surface area contributed by atoms with Crippen LogP contribution < -0.4 is 0 Å². The smallest absolute Gasteiger partial charge is 0.129 e. The van der Waals surface area contributed by atoms with Gasteiger partial charge in [0.15, 0.2) is 0 Å². The fraction of sp³-hybridized carbons (Fsp3) is 0.667. The highest BCUT2D eigenvalue weighted by Gasteiger charge is 1.96. The SMILES string of the molecule is CC(=O)CCCCCCCCCc1cccnn1. The number of unbranched alkanes of at least 4 members (excludes halogenated alkanes) is 6. The molecule has 0 amide bonds. The van der Waals surface area contributed by atoms with Crippen molar-refractivity contribution in [2.24, 2.45) is 0 Å². The highest BCUT2D eigenvalue weighted by molar-refractivity contribution is 5.75. The zero-order valence-electron chi connectivity index (χ0n) is 11.4. The minimum Gasteiger partial charge on any atom is -0.300 e. The van der Waals surface area contributed by atoms with Crippen LogP contribution >= 0.6 is 0 Å². The molecule has 0 saturated heterocycles. The van der Waals surface area contributed by atoms with Crippen molar-refractivity contribution in [2.45, 2.75) is 64.7 Å². The highest BCUT2D eigenvalue weighted by atomic mass is 16.1. The van der Waals surface area contributed by atoms with Crippen molar-refractivity contribution < 1.29 is 4.79 Å². The Bertz CT molecular complexity index is 325. The van der Waals surface area contributed by atoms with Crippen LogP contribution in [-0.4, -0.2) is 16.0 Å². The Balaban J connectivity index is 1.86. The third kappa shape index (κ3) is 7.93. The summed E-state index contributed by atoms with van der Waals surface area (Å²) < 4.78 is 0. The third-order valence-corrected chi connectivity index (χ3v) is 3.09. The molecule has 0 aromatic carbocycles. The van der Waals surface area contributed by atoms with Crippen LogP contribution in [-0.2, 0) is 11.2 Å². The maximum absolute atomic E-state index is 10.7. The van der Waals surface area contributed by atoms with E-state index in [0.29, 0.717) is 5.78 Å². The Morgan fingerprint density at radius 1 is 1.06 bits per heavy atom. The summed E-state index contributed by atoms with van der Waals surface area (Å²) in [4.78, 5) is 10.7. The number of carbonyl (C=O) groups is 1. The first-order valence-corrected chi connectivity index (χ1v) is 7.05. The van der Waals surface area contributed by atoms with Gasteiger partial charge in [0, 0.05) is 12.6 Å². The minimum absolute atomic E-state index is 0.318. The van der Waals surface area contributed by atoms with Crippen molar-refractivity contribution in [1.29, 1.82) is 0 Å². The molecule has 0 spiro atoms. The van der Waals surface area contributed by atoms with Crippen LogP contribution in [0.2, 0.25) is 0 Å². The summed E-state index contributed by atoms with van der Waals surface area (Å²) in [5, 5.41) is 7.94. The van der Waals surface area contributed by atoms with Crippen LogP contribution in [0.3, 0.4) is 0 Å². The first-order chi connectivity index (χ1) is 8.79. The zero-order chi connectivity index (χ0) is 13.1. The molecule has 3 heteroatoms. The Morgan fingerprint density at radius 2 is 1.72 bits per heavy atom. The van der Waals surface area contributed by atoms with Gasteiger partial charge in [0.2, 0.25) is 0 Å². The van der Waals surface area contributed by atoms with Crippen LogP contribution in [0.4, 0.5) is 0 Å². The minimum atomic E-state index is 0.318. The predicted molar refractivity (Wildman–Crippen MR) is 73.4 cm³/mol. The molecule has 1 rings (SSSR count). The summed E-state index contributed by atoms with van der Waals surface area (Å²) in [5.74, 6) is 0.318. The van der Waals surface area contributed by atoms with E-state index in [1.165, 1.54) is 38.5 Å². The zero-order valence-corrected chi connectivity index (χ0v) is 11.4. The van der Waals surface area contributed by atoms with Crippen molar-refractivity contribution in [3.63, 3.8) is 0 Å². The Kier molecular flexibility index (Phi) is 8.02. The molecule has 100 valence electrons. The van der Waals surface area contributed by atoms with Gasteiger partial charge in [-0.15, -0.1) is 0 Å². The average molecular weight is 248 g/mol. The van der Waals surface area contributed by atoms with E-state index in [1.54, 1.807) is 13.1 Å².